The van der Waals surface area contributed by atoms with Crippen LogP contribution < -0.4 is 4.90 Å². The lowest BCUT2D eigenvalue weighted by Gasteiger charge is -2.40. The summed E-state index contributed by atoms with van der Waals surface area (Å²) in [5, 5.41) is 0. The number of carbonyl (C=O) groups is 1. The minimum Gasteiger partial charge on any atom is -0.347 e. The van der Waals surface area contributed by atoms with Gasteiger partial charge in [0.15, 0.2) is 5.79 Å². The van der Waals surface area contributed by atoms with Gasteiger partial charge in [0, 0.05) is 56.8 Å². The maximum absolute atomic E-state index is 12.8. The van der Waals surface area contributed by atoms with Crippen molar-refractivity contribution in [1.29, 1.82) is 0 Å². The zero-order valence-electron chi connectivity index (χ0n) is 14.8. The molecule has 0 radical (unpaired) electrons. The summed E-state index contributed by atoms with van der Waals surface area (Å²) in [5.74, 6) is 0.766. The molecular formula is C18H26N4O3. The molecule has 136 valence electrons. The third kappa shape index (κ3) is 3.48. The average molecular weight is 346 g/mol. The lowest BCUT2D eigenvalue weighted by Crippen LogP contribution is -2.50. The number of ether oxygens (including phenoxy) is 2. The number of hydrogen-bond acceptors (Lipinski definition) is 6. The van der Waals surface area contributed by atoms with Crippen LogP contribution in [0.5, 0.6) is 0 Å². The van der Waals surface area contributed by atoms with Crippen molar-refractivity contribution in [1.82, 2.24) is 14.9 Å². The highest BCUT2D eigenvalue weighted by molar-refractivity contribution is 5.79. The molecule has 3 aliphatic heterocycles. The highest BCUT2D eigenvalue weighted by atomic mass is 16.7. The second kappa shape index (κ2) is 6.88. The molecule has 1 amide bonds. The van der Waals surface area contributed by atoms with E-state index in [0.29, 0.717) is 13.2 Å². The highest BCUT2D eigenvalue weighted by Crippen LogP contribution is 2.32. The average Bonchev–Trinajstić information content (AvgIpc) is 3.10. The van der Waals surface area contributed by atoms with Crippen LogP contribution in [-0.4, -0.2) is 66.0 Å². The molecule has 1 aromatic rings. The first-order valence-electron chi connectivity index (χ1n) is 9.27. The van der Waals surface area contributed by atoms with Crippen LogP contribution in [0.2, 0.25) is 0 Å². The minimum absolute atomic E-state index is 0.112. The van der Waals surface area contributed by atoms with Crippen LogP contribution in [-0.2, 0) is 14.3 Å². The quantitative estimate of drug-likeness (QED) is 0.806. The molecule has 3 saturated heterocycles. The van der Waals surface area contributed by atoms with Crippen molar-refractivity contribution in [3.8, 4) is 0 Å². The predicted octanol–water partition coefficient (Wildman–Crippen LogP) is 1.37. The molecule has 4 rings (SSSR count). The summed E-state index contributed by atoms with van der Waals surface area (Å²) < 4.78 is 11.5. The molecule has 0 aromatic carbocycles. The number of nitrogens with zero attached hydrogens (tertiary/aromatic N) is 4. The van der Waals surface area contributed by atoms with Crippen LogP contribution in [0, 0.1) is 12.8 Å². The predicted molar refractivity (Wildman–Crippen MR) is 92.2 cm³/mol. The number of carbonyl (C=O) groups excluding carboxylic acids is 1. The number of hydrogen-bond donors (Lipinski definition) is 0. The van der Waals surface area contributed by atoms with E-state index in [0.717, 1.165) is 63.5 Å². The van der Waals surface area contributed by atoms with Crippen molar-refractivity contribution >= 4 is 11.9 Å². The molecule has 3 fully saturated rings. The number of anilines is 1. The summed E-state index contributed by atoms with van der Waals surface area (Å²) in [6, 6.07) is 1.90. The normalized spacial score (nSPS) is 24.0. The highest BCUT2D eigenvalue weighted by Gasteiger charge is 2.41. The molecule has 0 N–H and O–H groups in total. The van der Waals surface area contributed by atoms with Gasteiger partial charge in [-0.2, -0.15) is 0 Å². The molecule has 3 aliphatic rings. The molecule has 0 saturated carbocycles. The molecule has 1 aromatic heterocycles. The monoisotopic (exact) mass is 346 g/mol. The Kier molecular flexibility index (Phi) is 4.60. The molecule has 25 heavy (non-hydrogen) atoms. The standard InChI is InChI=1S/C18H26N4O3/c1-14-2-7-19-17(20-14)22-8-3-15(4-9-22)16(23)21-10-5-18(6-11-21)24-12-13-25-18/h2,7,15H,3-6,8-13H2,1H3. The Bertz CT molecular complexity index is 615. The van der Waals surface area contributed by atoms with Gasteiger partial charge in [0.05, 0.1) is 13.2 Å². The Morgan fingerprint density at radius 3 is 2.48 bits per heavy atom. The van der Waals surface area contributed by atoms with Gasteiger partial charge in [-0.15, -0.1) is 0 Å². The van der Waals surface area contributed by atoms with Crippen molar-refractivity contribution < 1.29 is 14.3 Å². The van der Waals surface area contributed by atoms with Crippen molar-refractivity contribution in [2.24, 2.45) is 5.92 Å². The van der Waals surface area contributed by atoms with Crippen LogP contribution in [0.15, 0.2) is 12.3 Å². The number of amides is 1. The van der Waals surface area contributed by atoms with E-state index in [2.05, 4.69) is 14.9 Å². The molecule has 0 bridgehead atoms. The molecule has 7 heteroatoms. The van der Waals surface area contributed by atoms with E-state index in [1.165, 1.54) is 0 Å². The Morgan fingerprint density at radius 1 is 1.16 bits per heavy atom. The molecule has 1 spiro atoms. The summed E-state index contributed by atoms with van der Waals surface area (Å²) >= 11 is 0. The fourth-order valence-electron chi connectivity index (χ4n) is 4.03. The minimum atomic E-state index is -0.414. The van der Waals surface area contributed by atoms with Gasteiger partial charge in [-0.05, 0) is 25.8 Å². The van der Waals surface area contributed by atoms with E-state index in [-0.39, 0.29) is 11.8 Å². The maximum atomic E-state index is 12.8. The third-order valence-electron chi connectivity index (χ3n) is 5.56. The van der Waals surface area contributed by atoms with Crippen LogP contribution in [0.3, 0.4) is 0 Å². The van der Waals surface area contributed by atoms with Crippen LogP contribution in [0.1, 0.15) is 31.4 Å². The molecule has 0 atom stereocenters. The SMILES string of the molecule is Cc1ccnc(N2CCC(C(=O)N3CCC4(CC3)OCCO4)CC2)n1. The molecule has 7 nitrogen and oxygen atoms in total. The smallest absolute Gasteiger partial charge is 0.225 e. The second-order valence-electron chi connectivity index (χ2n) is 7.19. The Balaban J connectivity index is 1.30. The van der Waals surface area contributed by atoms with Crippen molar-refractivity contribution in [3.05, 3.63) is 18.0 Å². The summed E-state index contributed by atoms with van der Waals surface area (Å²) in [7, 11) is 0. The van der Waals surface area contributed by atoms with Crippen molar-refractivity contribution in [3.63, 3.8) is 0 Å². The molecule has 0 aliphatic carbocycles. The summed E-state index contributed by atoms with van der Waals surface area (Å²) in [6.07, 6.45) is 5.10. The Labute approximate surface area is 148 Å². The van der Waals surface area contributed by atoms with Gasteiger partial charge in [0.25, 0.3) is 0 Å². The zero-order chi connectivity index (χ0) is 17.3. The summed E-state index contributed by atoms with van der Waals surface area (Å²) in [4.78, 5) is 25.9. The van der Waals surface area contributed by atoms with Gasteiger partial charge in [0.2, 0.25) is 11.9 Å². The van der Waals surface area contributed by atoms with E-state index in [9.17, 15) is 4.79 Å². The lowest BCUT2D eigenvalue weighted by molar-refractivity contribution is -0.188. The Hall–Kier alpha value is -1.73. The number of likely N-dealkylation sites (tertiary alicyclic amines) is 1. The van der Waals surface area contributed by atoms with Crippen LogP contribution in [0.25, 0.3) is 0 Å². The Morgan fingerprint density at radius 2 is 1.84 bits per heavy atom. The van der Waals surface area contributed by atoms with Gasteiger partial charge in [-0.1, -0.05) is 0 Å². The van der Waals surface area contributed by atoms with Crippen molar-refractivity contribution in [2.75, 3.05) is 44.3 Å². The molecule has 0 unspecified atom stereocenters. The molecular weight excluding hydrogens is 320 g/mol. The largest absolute Gasteiger partial charge is 0.347 e. The van der Waals surface area contributed by atoms with Crippen molar-refractivity contribution in [2.45, 2.75) is 38.4 Å². The third-order valence-corrected chi connectivity index (χ3v) is 5.56. The van der Waals surface area contributed by atoms with E-state index >= 15 is 0 Å². The fourth-order valence-corrected chi connectivity index (χ4v) is 4.03. The van der Waals surface area contributed by atoms with Gasteiger partial charge < -0.3 is 19.3 Å². The van der Waals surface area contributed by atoms with Gasteiger partial charge in [-0.25, -0.2) is 9.97 Å². The second-order valence-corrected chi connectivity index (χ2v) is 7.19. The molecule has 4 heterocycles. The number of rotatable bonds is 2. The lowest BCUT2D eigenvalue weighted by atomic mass is 9.93. The van der Waals surface area contributed by atoms with Gasteiger partial charge >= 0.3 is 0 Å². The zero-order valence-corrected chi connectivity index (χ0v) is 14.8. The first kappa shape index (κ1) is 16.7. The number of aryl methyl sites for hydroxylation is 1. The summed E-state index contributed by atoms with van der Waals surface area (Å²) in [5.41, 5.74) is 0.974. The maximum Gasteiger partial charge on any atom is 0.225 e. The van der Waals surface area contributed by atoms with E-state index < -0.39 is 5.79 Å². The first-order chi connectivity index (χ1) is 12.2. The topological polar surface area (TPSA) is 67.8 Å². The number of aromatic nitrogens is 2. The number of piperidine rings is 2. The van der Waals surface area contributed by atoms with E-state index in [4.69, 9.17) is 9.47 Å². The van der Waals surface area contributed by atoms with Crippen LogP contribution >= 0.6 is 0 Å². The summed E-state index contributed by atoms with van der Waals surface area (Å²) in [6.45, 7) is 6.47. The van der Waals surface area contributed by atoms with Crippen LogP contribution in [0.4, 0.5) is 5.95 Å². The fraction of sp³-hybridized carbons (Fsp3) is 0.722. The van der Waals surface area contributed by atoms with Gasteiger partial charge in [0.1, 0.15) is 0 Å². The van der Waals surface area contributed by atoms with E-state index in [1.807, 2.05) is 17.9 Å². The van der Waals surface area contributed by atoms with Gasteiger partial charge in [-0.3, -0.25) is 4.79 Å². The first-order valence-corrected chi connectivity index (χ1v) is 9.27. The van der Waals surface area contributed by atoms with E-state index in [1.54, 1.807) is 6.20 Å².